The van der Waals surface area contributed by atoms with Gasteiger partial charge >= 0.3 is 0 Å². The molecule has 0 unspecified atom stereocenters. The first kappa shape index (κ1) is 19.0. The maximum atomic E-state index is 13.0. The van der Waals surface area contributed by atoms with E-state index in [-0.39, 0.29) is 17.6 Å². The highest BCUT2D eigenvalue weighted by molar-refractivity contribution is 7.88. The molecule has 0 saturated carbocycles. The summed E-state index contributed by atoms with van der Waals surface area (Å²) in [6, 6.07) is 14.2. The van der Waals surface area contributed by atoms with Crippen molar-refractivity contribution in [2.24, 2.45) is 0 Å². The Labute approximate surface area is 155 Å². The number of nitrogens with one attached hydrogen (secondary N) is 1. The molecule has 3 rings (SSSR count). The van der Waals surface area contributed by atoms with Gasteiger partial charge in [-0.25, -0.2) is 17.5 Å². The first-order valence-corrected chi connectivity index (χ1v) is 10.6. The second-order valence-electron chi connectivity index (χ2n) is 6.79. The fourth-order valence-corrected chi connectivity index (χ4v) is 4.61. The van der Waals surface area contributed by atoms with Crippen molar-refractivity contribution in [1.29, 1.82) is 0 Å². The van der Waals surface area contributed by atoms with E-state index in [0.717, 1.165) is 25.9 Å². The molecule has 0 saturated heterocycles. The zero-order chi connectivity index (χ0) is 18.6. The summed E-state index contributed by atoms with van der Waals surface area (Å²) in [6.07, 6.45) is 1.87. The van der Waals surface area contributed by atoms with Gasteiger partial charge in [-0.05, 0) is 41.7 Å². The molecule has 1 aliphatic heterocycles. The van der Waals surface area contributed by atoms with Gasteiger partial charge in [-0.1, -0.05) is 43.3 Å². The summed E-state index contributed by atoms with van der Waals surface area (Å²) in [4.78, 5) is 2.35. The third-order valence-electron chi connectivity index (χ3n) is 4.96. The average molecular weight is 376 g/mol. The first-order valence-electron chi connectivity index (χ1n) is 8.99. The summed E-state index contributed by atoms with van der Waals surface area (Å²) in [5, 5.41) is 0. The average Bonchev–Trinajstić information content (AvgIpc) is 2.64. The maximum Gasteiger partial charge on any atom is 0.215 e. The van der Waals surface area contributed by atoms with Gasteiger partial charge in [0.1, 0.15) is 5.82 Å². The van der Waals surface area contributed by atoms with Gasteiger partial charge in [0.2, 0.25) is 10.0 Å². The summed E-state index contributed by atoms with van der Waals surface area (Å²) in [5.41, 5.74) is 3.29. The van der Waals surface area contributed by atoms with Crippen molar-refractivity contribution in [3.63, 3.8) is 0 Å². The smallest absolute Gasteiger partial charge is 0.215 e. The Hall–Kier alpha value is -1.76. The molecule has 26 heavy (non-hydrogen) atoms. The molecule has 0 aliphatic carbocycles. The van der Waals surface area contributed by atoms with Crippen LogP contribution in [-0.2, 0) is 28.7 Å². The van der Waals surface area contributed by atoms with E-state index in [2.05, 4.69) is 40.8 Å². The van der Waals surface area contributed by atoms with Crippen molar-refractivity contribution in [2.75, 3.05) is 13.1 Å². The fourth-order valence-electron chi connectivity index (χ4n) is 3.44. The normalized spacial score (nSPS) is 16.2. The van der Waals surface area contributed by atoms with E-state index in [4.69, 9.17) is 0 Å². The second-order valence-corrected chi connectivity index (χ2v) is 8.59. The van der Waals surface area contributed by atoms with Gasteiger partial charge in [0, 0.05) is 25.7 Å². The Bertz CT molecular complexity index is 837. The first-order chi connectivity index (χ1) is 12.5. The lowest BCUT2D eigenvalue weighted by Crippen LogP contribution is -2.45. The van der Waals surface area contributed by atoms with Crippen LogP contribution in [0, 0.1) is 5.82 Å². The molecule has 6 heteroatoms. The van der Waals surface area contributed by atoms with Crippen molar-refractivity contribution in [1.82, 2.24) is 9.62 Å². The lowest BCUT2D eigenvalue weighted by Gasteiger charge is -2.35. The standard InChI is InChI=1S/C20H25FN2O2S/c1-2-20(23-12-11-17-5-3-4-6-18(17)14-23)13-22-26(24,25)15-16-7-9-19(21)10-8-16/h3-10,20,22H,2,11-15H2,1H3/t20-/m0/s1. The highest BCUT2D eigenvalue weighted by Crippen LogP contribution is 2.21. The van der Waals surface area contributed by atoms with Crippen LogP contribution in [0.4, 0.5) is 4.39 Å². The molecule has 0 amide bonds. The lowest BCUT2D eigenvalue weighted by molar-refractivity contribution is 0.175. The summed E-state index contributed by atoms with van der Waals surface area (Å²) in [6.45, 7) is 4.27. The molecule has 2 aromatic carbocycles. The zero-order valence-electron chi connectivity index (χ0n) is 15.0. The monoisotopic (exact) mass is 376 g/mol. The number of sulfonamides is 1. The van der Waals surface area contributed by atoms with E-state index in [9.17, 15) is 12.8 Å². The maximum absolute atomic E-state index is 13.0. The van der Waals surface area contributed by atoms with Crippen LogP contribution in [0.2, 0.25) is 0 Å². The van der Waals surface area contributed by atoms with E-state index in [0.29, 0.717) is 12.1 Å². The van der Waals surface area contributed by atoms with Gasteiger partial charge in [-0.3, -0.25) is 4.90 Å². The second kappa shape index (κ2) is 8.29. The van der Waals surface area contributed by atoms with Gasteiger partial charge in [0.25, 0.3) is 0 Å². The van der Waals surface area contributed by atoms with Crippen molar-refractivity contribution in [2.45, 2.75) is 38.1 Å². The van der Waals surface area contributed by atoms with Gasteiger partial charge < -0.3 is 0 Å². The van der Waals surface area contributed by atoms with Crippen LogP contribution in [0.5, 0.6) is 0 Å². The molecule has 1 atom stereocenters. The Morgan fingerprint density at radius 1 is 1.12 bits per heavy atom. The fraction of sp³-hybridized carbons (Fsp3) is 0.400. The molecule has 4 nitrogen and oxygen atoms in total. The number of rotatable bonds is 7. The number of nitrogens with zero attached hydrogens (tertiary/aromatic N) is 1. The van der Waals surface area contributed by atoms with Gasteiger partial charge in [-0.2, -0.15) is 0 Å². The minimum absolute atomic E-state index is 0.132. The topological polar surface area (TPSA) is 49.4 Å². The molecule has 140 valence electrons. The lowest BCUT2D eigenvalue weighted by atomic mass is 9.98. The number of halogens is 1. The van der Waals surface area contributed by atoms with Crippen LogP contribution in [0.25, 0.3) is 0 Å². The number of hydrogen-bond acceptors (Lipinski definition) is 3. The summed E-state index contributed by atoms with van der Waals surface area (Å²) in [5.74, 6) is -0.498. The third-order valence-corrected chi connectivity index (χ3v) is 6.28. The molecule has 1 aliphatic rings. The molecular weight excluding hydrogens is 351 g/mol. The molecule has 2 aromatic rings. The van der Waals surface area contributed by atoms with E-state index in [1.165, 1.54) is 35.4 Å². The van der Waals surface area contributed by atoms with E-state index < -0.39 is 10.0 Å². The molecule has 0 aromatic heterocycles. The molecular formula is C20H25FN2O2S. The van der Waals surface area contributed by atoms with Crippen LogP contribution in [0.15, 0.2) is 48.5 Å². The predicted molar refractivity (Wildman–Crippen MR) is 102 cm³/mol. The Morgan fingerprint density at radius 3 is 2.50 bits per heavy atom. The van der Waals surface area contributed by atoms with Crippen molar-refractivity contribution >= 4 is 10.0 Å². The van der Waals surface area contributed by atoms with Gasteiger partial charge in [-0.15, -0.1) is 0 Å². The quantitative estimate of drug-likeness (QED) is 0.808. The third kappa shape index (κ3) is 4.90. The molecule has 0 fully saturated rings. The molecule has 1 N–H and O–H groups in total. The zero-order valence-corrected chi connectivity index (χ0v) is 15.8. The Morgan fingerprint density at radius 2 is 1.81 bits per heavy atom. The highest BCUT2D eigenvalue weighted by Gasteiger charge is 2.23. The SMILES string of the molecule is CC[C@@H](CNS(=O)(=O)Cc1ccc(F)cc1)N1CCc2ccccc2C1. The van der Waals surface area contributed by atoms with E-state index >= 15 is 0 Å². The predicted octanol–water partition coefficient (Wildman–Crippen LogP) is 3.08. The Kier molecular flexibility index (Phi) is 6.06. The molecule has 0 spiro atoms. The van der Waals surface area contributed by atoms with Crippen molar-refractivity contribution < 1.29 is 12.8 Å². The van der Waals surface area contributed by atoms with Gasteiger partial charge in [0.15, 0.2) is 0 Å². The van der Waals surface area contributed by atoms with Crippen molar-refractivity contribution in [3.05, 3.63) is 71.0 Å². The van der Waals surface area contributed by atoms with E-state index in [1.807, 2.05) is 0 Å². The van der Waals surface area contributed by atoms with Crippen LogP contribution in [0.3, 0.4) is 0 Å². The highest BCUT2D eigenvalue weighted by atomic mass is 32.2. The number of fused-ring (bicyclic) bond motifs is 1. The van der Waals surface area contributed by atoms with Crippen LogP contribution < -0.4 is 4.72 Å². The molecule has 1 heterocycles. The minimum atomic E-state index is -3.45. The summed E-state index contributed by atoms with van der Waals surface area (Å²) >= 11 is 0. The van der Waals surface area contributed by atoms with Crippen LogP contribution >= 0.6 is 0 Å². The molecule has 0 bridgehead atoms. The van der Waals surface area contributed by atoms with Crippen molar-refractivity contribution in [3.8, 4) is 0 Å². The summed E-state index contributed by atoms with van der Waals surface area (Å²) in [7, 11) is -3.45. The summed E-state index contributed by atoms with van der Waals surface area (Å²) < 4.78 is 40.4. The minimum Gasteiger partial charge on any atom is -0.295 e. The largest absolute Gasteiger partial charge is 0.295 e. The molecule has 0 radical (unpaired) electrons. The van der Waals surface area contributed by atoms with Crippen LogP contribution in [-0.4, -0.2) is 32.4 Å². The number of benzene rings is 2. The van der Waals surface area contributed by atoms with E-state index in [1.54, 1.807) is 0 Å². The van der Waals surface area contributed by atoms with Gasteiger partial charge in [0.05, 0.1) is 5.75 Å². The Balaban J connectivity index is 1.59. The van der Waals surface area contributed by atoms with Crippen LogP contribution in [0.1, 0.15) is 30.0 Å². The number of hydrogen-bond donors (Lipinski definition) is 1.